The minimum atomic E-state index is -0.359. The molecule has 0 aliphatic carbocycles. The van der Waals surface area contributed by atoms with Crippen molar-refractivity contribution in [3.63, 3.8) is 0 Å². The third-order valence-corrected chi connectivity index (χ3v) is 2.34. The molecular weight excluding hydrogens is 227 g/mol. The van der Waals surface area contributed by atoms with Gasteiger partial charge in [0.2, 0.25) is 0 Å². The molecule has 0 spiro atoms. The summed E-state index contributed by atoms with van der Waals surface area (Å²) in [7, 11) is 1.66. The Labute approximate surface area is 99.0 Å². The maximum absolute atomic E-state index is 12.6. The minimum absolute atomic E-state index is 0.170. The molecule has 0 aromatic heterocycles. The quantitative estimate of drug-likeness (QED) is 0.813. The van der Waals surface area contributed by atoms with E-state index in [1.165, 1.54) is 29.2 Å². The van der Waals surface area contributed by atoms with Crippen LogP contribution in [0.1, 0.15) is 16.8 Å². The second-order valence-electron chi connectivity index (χ2n) is 3.45. The van der Waals surface area contributed by atoms with Crippen LogP contribution in [-0.4, -0.2) is 29.4 Å². The Morgan fingerprint density at radius 1 is 1.44 bits per heavy atom. The van der Waals surface area contributed by atoms with Gasteiger partial charge in [0.25, 0.3) is 5.91 Å². The summed E-state index contributed by atoms with van der Waals surface area (Å²) in [5.41, 5.74) is 5.79. The van der Waals surface area contributed by atoms with E-state index in [1.54, 1.807) is 7.05 Å². The van der Waals surface area contributed by atoms with Crippen LogP contribution in [0.4, 0.5) is 4.39 Å². The Morgan fingerprint density at radius 2 is 2.00 bits per heavy atom. The maximum atomic E-state index is 12.6. The lowest BCUT2D eigenvalue weighted by atomic mass is 10.2. The molecule has 0 aliphatic heterocycles. The van der Waals surface area contributed by atoms with E-state index >= 15 is 0 Å². The highest BCUT2D eigenvalue weighted by Crippen LogP contribution is 2.06. The summed E-state index contributed by atoms with van der Waals surface area (Å²) in [5.74, 6) is -0.529. The molecule has 1 aromatic carbocycles. The van der Waals surface area contributed by atoms with Crippen LogP contribution in [0.2, 0.25) is 0 Å². The van der Waals surface area contributed by atoms with E-state index in [9.17, 15) is 9.18 Å². The Bertz CT molecular complexity index is 391. The first-order valence-electron chi connectivity index (χ1n) is 4.80. The van der Waals surface area contributed by atoms with Crippen molar-refractivity contribution >= 4 is 23.1 Å². The summed E-state index contributed by atoms with van der Waals surface area (Å²) in [6.07, 6.45) is 0.485. The van der Waals surface area contributed by atoms with Gasteiger partial charge in [-0.15, -0.1) is 0 Å². The molecule has 1 rings (SSSR count). The number of hydrogen-bond donors (Lipinski definition) is 1. The number of carbonyl (C=O) groups is 1. The number of amides is 1. The largest absolute Gasteiger partial charge is 0.393 e. The van der Waals surface area contributed by atoms with Crippen molar-refractivity contribution in [2.75, 3.05) is 13.6 Å². The smallest absolute Gasteiger partial charge is 0.253 e. The number of halogens is 1. The Hall–Kier alpha value is -1.49. The molecule has 3 nitrogen and oxygen atoms in total. The zero-order chi connectivity index (χ0) is 12.1. The second-order valence-corrected chi connectivity index (χ2v) is 3.97. The van der Waals surface area contributed by atoms with Gasteiger partial charge in [0.15, 0.2) is 0 Å². The summed E-state index contributed by atoms with van der Waals surface area (Å²) in [6.45, 7) is 0.464. The predicted molar refractivity (Wildman–Crippen MR) is 64.8 cm³/mol. The van der Waals surface area contributed by atoms with Crippen LogP contribution in [0.3, 0.4) is 0 Å². The van der Waals surface area contributed by atoms with E-state index in [0.717, 1.165) is 0 Å². The fraction of sp³-hybridized carbons (Fsp3) is 0.273. The Kier molecular flexibility index (Phi) is 4.37. The average Bonchev–Trinajstić information content (AvgIpc) is 2.26. The highest BCUT2D eigenvalue weighted by molar-refractivity contribution is 7.80. The molecule has 16 heavy (non-hydrogen) atoms. The average molecular weight is 240 g/mol. The summed E-state index contributed by atoms with van der Waals surface area (Å²) < 4.78 is 12.6. The first-order valence-corrected chi connectivity index (χ1v) is 5.21. The lowest BCUT2D eigenvalue weighted by Gasteiger charge is -2.16. The highest BCUT2D eigenvalue weighted by atomic mass is 32.1. The molecule has 2 N–H and O–H groups in total. The van der Waals surface area contributed by atoms with Gasteiger partial charge in [-0.05, 0) is 24.3 Å². The normalized spacial score (nSPS) is 9.88. The minimum Gasteiger partial charge on any atom is -0.393 e. The van der Waals surface area contributed by atoms with Gasteiger partial charge < -0.3 is 10.6 Å². The summed E-state index contributed by atoms with van der Waals surface area (Å²) in [4.78, 5) is 13.7. The molecular formula is C11H13FN2OS. The topological polar surface area (TPSA) is 46.3 Å². The van der Waals surface area contributed by atoms with Crippen molar-refractivity contribution in [3.05, 3.63) is 35.6 Å². The molecule has 0 radical (unpaired) electrons. The third-order valence-electron chi connectivity index (χ3n) is 2.13. The standard InChI is InChI=1S/C11H13FN2OS/c1-14(7-6-10(13)16)11(15)8-2-4-9(12)5-3-8/h2-5H,6-7H2,1H3,(H2,13,16). The van der Waals surface area contributed by atoms with Gasteiger partial charge in [-0.3, -0.25) is 4.79 Å². The zero-order valence-corrected chi connectivity index (χ0v) is 9.76. The first kappa shape index (κ1) is 12.6. The number of hydrogen-bond acceptors (Lipinski definition) is 2. The van der Waals surface area contributed by atoms with E-state index in [2.05, 4.69) is 0 Å². The van der Waals surface area contributed by atoms with Crippen LogP contribution >= 0.6 is 12.2 Å². The first-order chi connectivity index (χ1) is 7.50. The Balaban J connectivity index is 2.63. The van der Waals surface area contributed by atoms with E-state index in [4.69, 9.17) is 18.0 Å². The van der Waals surface area contributed by atoms with E-state index in [1.807, 2.05) is 0 Å². The van der Waals surface area contributed by atoms with Gasteiger partial charge in [-0.1, -0.05) is 12.2 Å². The monoisotopic (exact) mass is 240 g/mol. The van der Waals surface area contributed by atoms with Crippen molar-refractivity contribution < 1.29 is 9.18 Å². The second kappa shape index (κ2) is 5.55. The van der Waals surface area contributed by atoms with Crippen molar-refractivity contribution in [2.24, 2.45) is 5.73 Å². The number of carbonyl (C=O) groups excluding carboxylic acids is 1. The highest BCUT2D eigenvalue weighted by Gasteiger charge is 2.11. The van der Waals surface area contributed by atoms with Crippen LogP contribution in [0.5, 0.6) is 0 Å². The van der Waals surface area contributed by atoms with E-state index in [0.29, 0.717) is 23.5 Å². The molecule has 0 unspecified atom stereocenters. The molecule has 86 valence electrons. The fourth-order valence-corrected chi connectivity index (χ4v) is 1.28. The van der Waals surface area contributed by atoms with Crippen molar-refractivity contribution in [1.82, 2.24) is 4.90 Å². The predicted octanol–water partition coefficient (Wildman–Crippen LogP) is 1.57. The molecule has 1 aromatic rings. The summed E-state index contributed by atoms with van der Waals surface area (Å²) in [6, 6.07) is 5.42. The molecule has 1 amide bonds. The van der Waals surface area contributed by atoms with Crippen LogP contribution in [0.15, 0.2) is 24.3 Å². The van der Waals surface area contributed by atoms with Gasteiger partial charge in [0.1, 0.15) is 5.82 Å². The molecule has 0 bridgehead atoms. The molecule has 0 saturated carbocycles. The van der Waals surface area contributed by atoms with Crippen LogP contribution in [0, 0.1) is 5.82 Å². The Morgan fingerprint density at radius 3 is 2.50 bits per heavy atom. The number of thiocarbonyl (C=S) groups is 1. The SMILES string of the molecule is CN(CCC(N)=S)C(=O)c1ccc(F)cc1. The van der Waals surface area contributed by atoms with Gasteiger partial charge >= 0.3 is 0 Å². The van der Waals surface area contributed by atoms with Crippen LogP contribution in [0.25, 0.3) is 0 Å². The van der Waals surface area contributed by atoms with E-state index in [-0.39, 0.29) is 11.7 Å². The number of rotatable bonds is 4. The lowest BCUT2D eigenvalue weighted by Crippen LogP contribution is -2.30. The number of benzene rings is 1. The van der Waals surface area contributed by atoms with Gasteiger partial charge in [-0.2, -0.15) is 0 Å². The third kappa shape index (κ3) is 3.58. The van der Waals surface area contributed by atoms with Crippen LogP contribution in [-0.2, 0) is 0 Å². The van der Waals surface area contributed by atoms with Crippen molar-refractivity contribution in [2.45, 2.75) is 6.42 Å². The summed E-state index contributed by atoms with van der Waals surface area (Å²) >= 11 is 4.72. The number of nitrogens with two attached hydrogens (primary N) is 1. The van der Waals surface area contributed by atoms with E-state index < -0.39 is 0 Å². The molecule has 5 heteroatoms. The van der Waals surface area contributed by atoms with Gasteiger partial charge in [0.05, 0.1) is 4.99 Å². The summed E-state index contributed by atoms with van der Waals surface area (Å²) in [5, 5.41) is 0. The number of nitrogens with zero attached hydrogens (tertiary/aromatic N) is 1. The molecule has 0 saturated heterocycles. The van der Waals surface area contributed by atoms with Gasteiger partial charge in [0, 0.05) is 25.6 Å². The van der Waals surface area contributed by atoms with Crippen molar-refractivity contribution in [3.8, 4) is 0 Å². The molecule has 0 heterocycles. The fourth-order valence-electron chi connectivity index (χ4n) is 1.19. The van der Waals surface area contributed by atoms with Crippen LogP contribution < -0.4 is 5.73 Å². The van der Waals surface area contributed by atoms with Gasteiger partial charge in [-0.25, -0.2) is 4.39 Å². The lowest BCUT2D eigenvalue weighted by molar-refractivity contribution is 0.0799. The molecule has 0 aliphatic rings. The molecule has 0 atom stereocenters. The zero-order valence-electron chi connectivity index (χ0n) is 8.94. The maximum Gasteiger partial charge on any atom is 0.253 e. The van der Waals surface area contributed by atoms with Crippen molar-refractivity contribution in [1.29, 1.82) is 0 Å². The molecule has 0 fully saturated rings.